The Morgan fingerprint density at radius 2 is 2.12 bits per heavy atom. The second-order valence-electron chi connectivity index (χ2n) is 5.79. The number of hydrogen-bond acceptors (Lipinski definition) is 4. The molecule has 1 aromatic heterocycles. The van der Waals surface area contributed by atoms with E-state index in [0.29, 0.717) is 6.54 Å². The van der Waals surface area contributed by atoms with E-state index in [1.54, 1.807) is 11.3 Å². The van der Waals surface area contributed by atoms with Crippen molar-refractivity contribution in [3.05, 3.63) is 45.9 Å². The number of anilines is 1. The molecule has 0 bridgehead atoms. The van der Waals surface area contributed by atoms with Crippen molar-refractivity contribution in [3.8, 4) is 0 Å². The maximum Gasteiger partial charge on any atom is 0.191 e. The molecule has 0 aliphatic carbocycles. The van der Waals surface area contributed by atoms with Crippen LogP contribution in [0.25, 0.3) is 0 Å². The average molecular weight is 346 g/mol. The van der Waals surface area contributed by atoms with E-state index in [4.69, 9.17) is 0 Å². The summed E-state index contributed by atoms with van der Waals surface area (Å²) in [6.45, 7) is 6.45. The number of guanidine groups is 1. The summed E-state index contributed by atoms with van der Waals surface area (Å²) in [5.41, 5.74) is 3.53. The van der Waals surface area contributed by atoms with Crippen molar-refractivity contribution in [2.75, 3.05) is 32.1 Å². The molecule has 24 heavy (non-hydrogen) atoms. The van der Waals surface area contributed by atoms with E-state index in [1.807, 2.05) is 21.0 Å². The van der Waals surface area contributed by atoms with Gasteiger partial charge in [0.25, 0.3) is 0 Å². The van der Waals surface area contributed by atoms with Gasteiger partial charge in [-0.3, -0.25) is 0 Å². The van der Waals surface area contributed by atoms with Crippen LogP contribution in [0, 0.1) is 6.92 Å². The molecular formula is C18H27N5S. The first-order valence-corrected chi connectivity index (χ1v) is 9.16. The van der Waals surface area contributed by atoms with Crippen LogP contribution < -0.4 is 15.5 Å². The molecule has 0 amide bonds. The monoisotopic (exact) mass is 345 g/mol. The van der Waals surface area contributed by atoms with E-state index >= 15 is 0 Å². The van der Waals surface area contributed by atoms with Crippen LogP contribution in [0.4, 0.5) is 5.69 Å². The number of nitrogens with zero attached hydrogens (tertiary/aromatic N) is 3. The van der Waals surface area contributed by atoms with Crippen LogP contribution in [0.5, 0.6) is 0 Å². The van der Waals surface area contributed by atoms with Gasteiger partial charge in [0, 0.05) is 44.7 Å². The highest BCUT2D eigenvalue weighted by atomic mass is 32.1. The minimum absolute atomic E-state index is 0.660. The molecule has 130 valence electrons. The van der Waals surface area contributed by atoms with Gasteiger partial charge in [0.15, 0.2) is 5.96 Å². The molecule has 2 rings (SSSR count). The minimum atomic E-state index is 0.660. The molecule has 0 aliphatic heterocycles. The molecule has 2 aromatic rings. The zero-order valence-electron chi connectivity index (χ0n) is 15.0. The van der Waals surface area contributed by atoms with Crippen molar-refractivity contribution in [2.24, 2.45) is 4.99 Å². The molecule has 0 spiro atoms. The number of thiazole rings is 1. The number of aliphatic imine (C=N–C) groups is 1. The first kappa shape index (κ1) is 18.3. The number of nitrogens with one attached hydrogen (secondary N) is 2. The predicted octanol–water partition coefficient (Wildman–Crippen LogP) is 2.82. The number of benzene rings is 1. The number of hydrogen-bond donors (Lipinski definition) is 2. The zero-order chi connectivity index (χ0) is 17.4. The van der Waals surface area contributed by atoms with Crippen LogP contribution >= 0.6 is 11.3 Å². The smallest absolute Gasteiger partial charge is 0.191 e. The Balaban J connectivity index is 1.91. The van der Waals surface area contributed by atoms with Crippen LogP contribution in [0.15, 0.2) is 34.6 Å². The van der Waals surface area contributed by atoms with Gasteiger partial charge in [0.2, 0.25) is 0 Å². The molecule has 1 aromatic carbocycles. The lowest BCUT2D eigenvalue weighted by atomic mass is 10.2. The van der Waals surface area contributed by atoms with Gasteiger partial charge >= 0.3 is 0 Å². The Morgan fingerprint density at radius 1 is 1.29 bits per heavy atom. The molecule has 5 nitrogen and oxygen atoms in total. The van der Waals surface area contributed by atoms with Gasteiger partial charge in [-0.05, 0) is 31.5 Å². The van der Waals surface area contributed by atoms with Gasteiger partial charge in [-0.1, -0.05) is 12.1 Å². The Bertz CT molecular complexity index is 663. The molecule has 1 heterocycles. The standard InChI is InChI=1S/C18H27N5S/c1-5-19-18(20-10-9-16-13-24-14(2)22-16)21-12-15-7-6-8-17(11-15)23(3)4/h6-8,11,13H,5,9-10,12H2,1-4H3,(H2,19,20,21). The van der Waals surface area contributed by atoms with Crippen molar-refractivity contribution < 1.29 is 0 Å². The number of aryl methyl sites for hydroxylation is 1. The summed E-state index contributed by atoms with van der Waals surface area (Å²) in [7, 11) is 4.10. The summed E-state index contributed by atoms with van der Waals surface area (Å²) in [6, 6.07) is 8.46. The van der Waals surface area contributed by atoms with E-state index in [1.165, 1.54) is 11.3 Å². The number of rotatable bonds is 7. The first-order valence-electron chi connectivity index (χ1n) is 8.28. The molecule has 0 aliphatic rings. The Labute approximate surface area is 148 Å². The zero-order valence-corrected chi connectivity index (χ0v) is 15.8. The highest BCUT2D eigenvalue weighted by Gasteiger charge is 2.02. The highest BCUT2D eigenvalue weighted by Crippen LogP contribution is 2.14. The van der Waals surface area contributed by atoms with Crippen LogP contribution in [0.3, 0.4) is 0 Å². The molecule has 0 atom stereocenters. The van der Waals surface area contributed by atoms with Crippen molar-refractivity contribution in [3.63, 3.8) is 0 Å². The normalized spacial score (nSPS) is 11.4. The predicted molar refractivity (Wildman–Crippen MR) is 104 cm³/mol. The third-order valence-electron chi connectivity index (χ3n) is 3.53. The third-order valence-corrected chi connectivity index (χ3v) is 4.35. The fourth-order valence-electron chi connectivity index (χ4n) is 2.28. The summed E-state index contributed by atoms with van der Waals surface area (Å²) in [5.74, 6) is 0.847. The molecule has 2 N–H and O–H groups in total. The first-order chi connectivity index (χ1) is 11.6. The summed E-state index contributed by atoms with van der Waals surface area (Å²) in [4.78, 5) is 11.3. The van der Waals surface area contributed by atoms with Crippen molar-refractivity contribution >= 4 is 23.0 Å². The molecule has 6 heteroatoms. The molecule has 0 saturated carbocycles. The lowest BCUT2D eigenvalue weighted by Gasteiger charge is -2.14. The third kappa shape index (κ3) is 5.85. The summed E-state index contributed by atoms with van der Waals surface area (Å²) >= 11 is 1.70. The van der Waals surface area contributed by atoms with Crippen LogP contribution in [-0.2, 0) is 13.0 Å². The maximum absolute atomic E-state index is 4.68. The van der Waals surface area contributed by atoms with E-state index in [9.17, 15) is 0 Å². The van der Waals surface area contributed by atoms with Crippen molar-refractivity contribution in [1.29, 1.82) is 0 Å². The van der Waals surface area contributed by atoms with E-state index in [2.05, 4.69) is 62.1 Å². The fourth-order valence-corrected chi connectivity index (χ4v) is 2.92. The molecular weight excluding hydrogens is 318 g/mol. The lowest BCUT2D eigenvalue weighted by Crippen LogP contribution is -2.38. The number of aromatic nitrogens is 1. The summed E-state index contributed by atoms with van der Waals surface area (Å²) in [5, 5.41) is 9.91. The lowest BCUT2D eigenvalue weighted by molar-refractivity contribution is 0.790. The van der Waals surface area contributed by atoms with Gasteiger partial charge in [-0.25, -0.2) is 9.98 Å². The average Bonchev–Trinajstić information content (AvgIpc) is 2.98. The summed E-state index contributed by atoms with van der Waals surface area (Å²) in [6.07, 6.45) is 0.908. The Kier molecular flexibility index (Phi) is 7.06. The molecule has 0 saturated heterocycles. The molecule has 0 radical (unpaired) electrons. The largest absolute Gasteiger partial charge is 0.378 e. The SMILES string of the molecule is CCNC(=NCc1cccc(N(C)C)c1)NCCc1csc(C)n1. The van der Waals surface area contributed by atoms with Crippen molar-refractivity contribution in [2.45, 2.75) is 26.8 Å². The van der Waals surface area contributed by atoms with E-state index in [-0.39, 0.29) is 0 Å². The van der Waals surface area contributed by atoms with Gasteiger partial charge in [-0.15, -0.1) is 11.3 Å². The van der Waals surface area contributed by atoms with Gasteiger partial charge < -0.3 is 15.5 Å². The second-order valence-corrected chi connectivity index (χ2v) is 6.86. The minimum Gasteiger partial charge on any atom is -0.378 e. The summed E-state index contributed by atoms with van der Waals surface area (Å²) < 4.78 is 0. The fraction of sp³-hybridized carbons (Fsp3) is 0.444. The van der Waals surface area contributed by atoms with Crippen LogP contribution in [-0.4, -0.2) is 38.1 Å². The second kappa shape index (κ2) is 9.27. The van der Waals surface area contributed by atoms with E-state index < -0.39 is 0 Å². The highest BCUT2D eigenvalue weighted by molar-refractivity contribution is 7.09. The van der Waals surface area contributed by atoms with Gasteiger partial charge in [-0.2, -0.15) is 0 Å². The van der Waals surface area contributed by atoms with E-state index in [0.717, 1.165) is 36.2 Å². The Morgan fingerprint density at radius 3 is 2.79 bits per heavy atom. The van der Waals surface area contributed by atoms with Crippen LogP contribution in [0.1, 0.15) is 23.2 Å². The Hall–Kier alpha value is -2.08. The topological polar surface area (TPSA) is 52.6 Å². The molecule has 0 unspecified atom stereocenters. The van der Waals surface area contributed by atoms with Crippen molar-refractivity contribution in [1.82, 2.24) is 15.6 Å². The van der Waals surface area contributed by atoms with Crippen LogP contribution in [0.2, 0.25) is 0 Å². The van der Waals surface area contributed by atoms with Gasteiger partial charge in [0.1, 0.15) is 0 Å². The molecule has 0 fully saturated rings. The maximum atomic E-state index is 4.68. The quantitative estimate of drug-likeness (QED) is 0.598. The van der Waals surface area contributed by atoms with Gasteiger partial charge in [0.05, 0.1) is 17.2 Å².